The fraction of sp³-hybridized carbons (Fsp3) is 0.286. The van der Waals surface area contributed by atoms with Crippen LogP contribution in [-0.4, -0.2) is 23.6 Å². The molecule has 5 rings (SSSR count). The molecule has 3 heterocycles. The molecule has 2 aromatic heterocycles. The van der Waals surface area contributed by atoms with E-state index in [1.807, 2.05) is 17.5 Å². The number of aryl methyl sites for hydroxylation is 1. The minimum Gasteiger partial charge on any atom is -0.454 e. The average molecular weight is 442 g/mol. The Labute approximate surface area is 181 Å². The Kier molecular flexibility index (Phi) is 5.14. The molecule has 1 aliphatic heterocycles. The van der Waals surface area contributed by atoms with E-state index >= 15 is 0 Å². The zero-order chi connectivity index (χ0) is 20.5. The van der Waals surface area contributed by atoms with E-state index in [4.69, 9.17) is 9.47 Å². The van der Waals surface area contributed by atoms with Crippen molar-refractivity contribution in [3.8, 4) is 11.5 Å². The van der Waals surface area contributed by atoms with Crippen molar-refractivity contribution in [1.82, 2.24) is 10.3 Å². The number of benzene rings is 1. The number of aromatic nitrogens is 1. The van der Waals surface area contributed by atoms with Gasteiger partial charge >= 0.3 is 0 Å². The molecule has 1 aromatic carbocycles. The summed E-state index contributed by atoms with van der Waals surface area (Å²) in [6, 6.07) is 9.05. The second kappa shape index (κ2) is 8.08. The lowest BCUT2D eigenvalue weighted by Crippen LogP contribution is -2.30. The highest BCUT2D eigenvalue weighted by molar-refractivity contribution is 7.16. The maximum absolute atomic E-state index is 12.8. The predicted octanol–water partition coefficient (Wildman–Crippen LogP) is 3.92. The molecule has 0 saturated heterocycles. The van der Waals surface area contributed by atoms with Crippen molar-refractivity contribution in [3.63, 3.8) is 0 Å². The zero-order valence-electron chi connectivity index (χ0n) is 16.0. The number of amides is 2. The van der Waals surface area contributed by atoms with Gasteiger partial charge in [-0.25, -0.2) is 4.98 Å². The van der Waals surface area contributed by atoms with Crippen molar-refractivity contribution in [2.45, 2.75) is 31.7 Å². The van der Waals surface area contributed by atoms with Crippen LogP contribution in [0.3, 0.4) is 0 Å². The largest absolute Gasteiger partial charge is 0.454 e. The van der Waals surface area contributed by atoms with Gasteiger partial charge < -0.3 is 14.8 Å². The monoisotopic (exact) mass is 441 g/mol. The molecule has 0 fully saturated rings. The van der Waals surface area contributed by atoms with Crippen LogP contribution in [0.1, 0.15) is 44.6 Å². The summed E-state index contributed by atoms with van der Waals surface area (Å²) in [6.07, 6.45) is 2.58. The molecule has 0 spiro atoms. The van der Waals surface area contributed by atoms with Crippen LogP contribution in [0.5, 0.6) is 11.5 Å². The van der Waals surface area contributed by atoms with Crippen LogP contribution in [0.15, 0.2) is 35.7 Å². The lowest BCUT2D eigenvalue weighted by Gasteiger charge is -2.20. The lowest BCUT2D eigenvalue weighted by atomic mass is 9.90. The summed E-state index contributed by atoms with van der Waals surface area (Å²) in [5.41, 5.74) is 1.26. The van der Waals surface area contributed by atoms with Crippen molar-refractivity contribution in [2.24, 2.45) is 0 Å². The SMILES string of the molecule is O=C(Nc1nc2c(s1)CCC[C@H]2C(=O)NCc1cccs1)c1ccc2c(c1)OCO2. The van der Waals surface area contributed by atoms with E-state index in [0.717, 1.165) is 34.7 Å². The number of thiophene rings is 1. The van der Waals surface area contributed by atoms with Gasteiger partial charge in [-0.3, -0.25) is 14.9 Å². The Hall–Kier alpha value is -2.91. The molecule has 0 saturated carbocycles. The normalized spacial score (nSPS) is 16.7. The number of hydrogen-bond donors (Lipinski definition) is 2. The Morgan fingerprint density at radius 3 is 2.97 bits per heavy atom. The van der Waals surface area contributed by atoms with E-state index in [-0.39, 0.29) is 24.5 Å². The second-order valence-electron chi connectivity index (χ2n) is 7.09. The Bertz CT molecular complexity index is 1090. The van der Waals surface area contributed by atoms with E-state index < -0.39 is 0 Å². The molecule has 2 N–H and O–H groups in total. The predicted molar refractivity (Wildman–Crippen MR) is 114 cm³/mol. The molecule has 2 amide bonds. The number of nitrogens with zero attached hydrogens (tertiary/aromatic N) is 1. The standard InChI is InChI=1S/C21H19N3O4S2/c25-19(12-6-7-15-16(9-12)28-11-27-15)24-21-23-18-14(4-1-5-17(18)30-21)20(26)22-10-13-3-2-8-29-13/h2-3,6-9,14H,1,4-5,10-11H2,(H,22,26)(H,23,24,25)/t14-/m1/s1. The number of anilines is 1. The Morgan fingerprint density at radius 1 is 1.20 bits per heavy atom. The molecule has 30 heavy (non-hydrogen) atoms. The summed E-state index contributed by atoms with van der Waals surface area (Å²) in [6.45, 7) is 0.690. The molecule has 0 bridgehead atoms. The van der Waals surface area contributed by atoms with Crippen LogP contribution < -0.4 is 20.1 Å². The van der Waals surface area contributed by atoms with Crippen LogP contribution in [-0.2, 0) is 17.8 Å². The minimum atomic E-state index is -0.277. The molecular formula is C21H19N3O4S2. The van der Waals surface area contributed by atoms with Crippen LogP contribution >= 0.6 is 22.7 Å². The molecule has 2 aliphatic rings. The maximum Gasteiger partial charge on any atom is 0.257 e. The first kappa shape index (κ1) is 19.1. The van der Waals surface area contributed by atoms with Gasteiger partial charge in [0, 0.05) is 15.3 Å². The fourth-order valence-corrected chi connectivity index (χ4v) is 5.35. The summed E-state index contributed by atoms with van der Waals surface area (Å²) < 4.78 is 10.6. The lowest BCUT2D eigenvalue weighted by molar-refractivity contribution is -0.123. The topological polar surface area (TPSA) is 89.6 Å². The first-order chi connectivity index (χ1) is 14.7. The number of hydrogen-bond acceptors (Lipinski definition) is 7. The van der Waals surface area contributed by atoms with Gasteiger partial charge in [-0.15, -0.1) is 22.7 Å². The molecule has 7 nitrogen and oxygen atoms in total. The van der Waals surface area contributed by atoms with Gasteiger partial charge in [0.1, 0.15) is 0 Å². The van der Waals surface area contributed by atoms with E-state index in [1.54, 1.807) is 29.5 Å². The molecule has 1 atom stereocenters. The van der Waals surface area contributed by atoms with E-state index in [0.29, 0.717) is 28.7 Å². The van der Waals surface area contributed by atoms with Crippen molar-refractivity contribution in [3.05, 3.63) is 56.7 Å². The highest BCUT2D eigenvalue weighted by Gasteiger charge is 2.30. The third-order valence-electron chi connectivity index (χ3n) is 5.14. The van der Waals surface area contributed by atoms with Crippen molar-refractivity contribution in [2.75, 3.05) is 12.1 Å². The minimum absolute atomic E-state index is 0.0108. The molecule has 0 radical (unpaired) electrons. The summed E-state index contributed by atoms with van der Waals surface area (Å²) in [7, 11) is 0. The van der Waals surface area contributed by atoms with E-state index in [1.165, 1.54) is 11.3 Å². The van der Waals surface area contributed by atoms with Crippen LogP contribution in [0.25, 0.3) is 0 Å². The highest BCUT2D eigenvalue weighted by atomic mass is 32.1. The summed E-state index contributed by atoms with van der Waals surface area (Å²) >= 11 is 3.06. The third kappa shape index (κ3) is 3.78. The molecule has 0 unspecified atom stereocenters. The van der Waals surface area contributed by atoms with Gasteiger partial charge in [0.25, 0.3) is 5.91 Å². The molecule has 3 aromatic rings. The van der Waals surface area contributed by atoms with Crippen molar-refractivity contribution >= 4 is 39.6 Å². The second-order valence-corrected chi connectivity index (χ2v) is 9.21. The van der Waals surface area contributed by atoms with Crippen LogP contribution in [0.2, 0.25) is 0 Å². The van der Waals surface area contributed by atoms with Gasteiger partial charge in [0.15, 0.2) is 16.6 Å². The van der Waals surface area contributed by atoms with Gasteiger partial charge in [-0.2, -0.15) is 0 Å². The van der Waals surface area contributed by atoms with Gasteiger partial charge in [-0.05, 0) is 48.9 Å². The number of carbonyl (C=O) groups excluding carboxylic acids is 2. The number of thiazole rings is 1. The Balaban J connectivity index is 1.29. The number of nitrogens with one attached hydrogen (secondary N) is 2. The highest BCUT2D eigenvalue weighted by Crippen LogP contribution is 2.37. The van der Waals surface area contributed by atoms with Crippen molar-refractivity contribution in [1.29, 1.82) is 0 Å². The third-order valence-corrected chi connectivity index (χ3v) is 7.07. The van der Waals surface area contributed by atoms with Crippen LogP contribution in [0, 0.1) is 0 Å². The average Bonchev–Trinajstić information content (AvgIpc) is 3.51. The summed E-state index contributed by atoms with van der Waals surface area (Å²) in [5, 5.41) is 8.39. The zero-order valence-corrected chi connectivity index (χ0v) is 17.6. The smallest absolute Gasteiger partial charge is 0.257 e. The first-order valence-corrected chi connectivity index (χ1v) is 11.4. The number of ether oxygens (including phenoxy) is 2. The number of fused-ring (bicyclic) bond motifs is 2. The first-order valence-electron chi connectivity index (χ1n) is 9.68. The Morgan fingerprint density at radius 2 is 2.10 bits per heavy atom. The molecule has 154 valence electrons. The molecule has 1 aliphatic carbocycles. The fourth-order valence-electron chi connectivity index (χ4n) is 3.64. The van der Waals surface area contributed by atoms with E-state index in [9.17, 15) is 9.59 Å². The quantitative estimate of drug-likeness (QED) is 0.626. The van der Waals surface area contributed by atoms with Gasteiger partial charge in [-0.1, -0.05) is 6.07 Å². The maximum atomic E-state index is 12.8. The molecule has 9 heteroatoms. The van der Waals surface area contributed by atoms with Gasteiger partial charge in [0.2, 0.25) is 12.7 Å². The van der Waals surface area contributed by atoms with Crippen LogP contribution in [0.4, 0.5) is 5.13 Å². The summed E-state index contributed by atoms with van der Waals surface area (Å²) in [4.78, 5) is 32.2. The summed E-state index contributed by atoms with van der Waals surface area (Å²) in [5.74, 6) is 0.638. The van der Waals surface area contributed by atoms with E-state index in [2.05, 4.69) is 15.6 Å². The molecular weight excluding hydrogens is 422 g/mol. The van der Waals surface area contributed by atoms with Gasteiger partial charge in [0.05, 0.1) is 18.2 Å². The number of rotatable bonds is 5. The number of carbonyl (C=O) groups is 2. The van der Waals surface area contributed by atoms with Crippen molar-refractivity contribution < 1.29 is 19.1 Å².